The first-order valence-electron chi connectivity index (χ1n) is 6.81. The van der Waals surface area contributed by atoms with Crippen molar-refractivity contribution in [1.82, 2.24) is 9.97 Å². The number of rotatable bonds is 4. The van der Waals surface area contributed by atoms with Crippen LogP contribution < -0.4 is 16.0 Å². The van der Waals surface area contributed by atoms with E-state index in [-0.39, 0.29) is 0 Å². The molecule has 1 aromatic rings. The third kappa shape index (κ3) is 2.83. The summed E-state index contributed by atoms with van der Waals surface area (Å²) in [5.41, 5.74) is 6.85. The van der Waals surface area contributed by atoms with Crippen molar-refractivity contribution in [2.45, 2.75) is 33.1 Å². The monoisotopic (exact) mass is 249 g/mol. The zero-order valence-electron chi connectivity index (χ0n) is 11.3. The first-order chi connectivity index (χ1) is 8.72. The number of aromatic nitrogens is 2. The van der Waals surface area contributed by atoms with Crippen LogP contribution in [0.25, 0.3) is 0 Å². The van der Waals surface area contributed by atoms with Crippen LogP contribution in [0.1, 0.15) is 33.1 Å². The third-order valence-electron chi connectivity index (χ3n) is 3.36. The van der Waals surface area contributed by atoms with Gasteiger partial charge in [0.15, 0.2) is 11.6 Å². The Bertz CT molecular complexity index is 393. The van der Waals surface area contributed by atoms with Gasteiger partial charge in [-0.2, -0.15) is 0 Å². The minimum absolute atomic E-state index is 0.681. The molecule has 1 aromatic heterocycles. The zero-order chi connectivity index (χ0) is 13.0. The van der Waals surface area contributed by atoms with Crippen LogP contribution in [0.3, 0.4) is 0 Å². The second-order valence-electron chi connectivity index (χ2n) is 5.08. The standard InChI is InChI=1S/C13H23N5/c1-3-6-15-12-11(14)13(17-9-16-12)18-7-4-5-10(2)8-18/h9-10H,3-8,14H2,1-2H3,(H,15,16,17). The summed E-state index contributed by atoms with van der Waals surface area (Å²) in [5.74, 6) is 2.36. The molecule has 0 saturated carbocycles. The molecule has 1 saturated heterocycles. The number of piperidine rings is 1. The molecule has 5 heteroatoms. The van der Waals surface area contributed by atoms with Gasteiger partial charge in [-0.15, -0.1) is 0 Å². The van der Waals surface area contributed by atoms with Gasteiger partial charge in [0.1, 0.15) is 12.0 Å². The molecule has 0 spiro atoms. The predicted octanol–water partition coefficient (Wildman–Crippen LogP) is 2.12. The Labute approximate surface area is 109 Å². The van der Waals surface area contributed by atoms with E-state index in [1.807, 2.05) is 0 Å². The van der Waals surface area contributed by atoms with Gasteiger partial charge in [0.05, 0.1) is 0 Å². The molecule has 1 unspecified atom stereocenters. The highest BCUT2D eigenvalue weighted by molar-refractivity contribution is 5.74. The summed E-state index contributed by atoms with van der Waals surface area (Å²) in [4.78, 5) is 10.9. The van der Waals surface area contributed by atoms with Crippen molar-refractivity contribution in [2.24, 2.45) is 5.92 Å². The summed E-state index contributed by atoms with van der Waals surface area (Å²) in [6.07, 6.45) is 5.16. The minimum Gasteiger partial charge on any atom is -0.393 e. The maximum absolute atomic E-state index is 6.17. The Morgan fingerprint density at radius 2 is 2.33 bits per heavy atom. The highest BCUT2D eigenvalue weighted by atomic mass is 15.2. The fourth-order valence-corrected chi connectivity index (χ4v) is 2.40. The molecule has 0 aliphatic carbocycles. The van der Waals surface area contributed by atoms with E-state index in [9.17, 15) is 0 Å². The third-order valence-corrected chi connectivity index (χ3v) is 3.36. The molecule has 0 amide bonds. The van der Waals surface area contributed by atoms with E-state index in [2.05, 4.69) is 34.0 Å². The van der Waals surface area contributed by atoms with Crippen LogP contribution in [-0.4, -0.2) is 29.6 Å². The molecule has 100 valence electrons. The maximum atomic E-state index is 6.17. The van der Waals surface area contributed by atoms with Crippen LogP contribution in [0.15, 0.2) is 6.33 Å². The van der Waals surface area contributed by atoms with Crippen LogP contribution in [0.4, 0.5) is 17.3 Å². The molecule has 1 aliphatic rings. The maximum Gasteiger partial charge on any atom is 0.157 e. The molecule has 5 nitrogen and oxygen atoms in total. The van der Waals surface area contributed by atoms with Gasteiger partial charge < -0.3 is 16.0 Å². The van der Waals surface area contributed by atoms with Crippen LogP contribution in [-0.2, 0) is 0 Å². The van der Waals surface area contributed by atoms with Crippen molar-refractivity contribution >= 4 is 17.3 Å². The smallest absolute Gasteiger partial charge is 0.157 e. The second kappa shape index (κ2) is 5.89. The highest BCUT2D eigenvalue weighted by Gasteiger charge is 2.20. The molecular weight excluding hydrogens is 226 g/mol. The van der Waals surface area contributed by atoms with Crippen molar-refractivity contribution in [3.63, 3.8) is 0 Å². The van der Waals surface area contributed by atoms with Gasteiger partial charge in [0.2, 0.25) is 0 Å². The van der Waals surface area contributed by atoms with Crippen LogP contribution in [0.2, 0.25) is 0 Å². The lowest BCUT2D eigenvalue weighted by atomic mass is 10.0. The van der Waals surface area contributed by atoms with Gasteiger partial charge in [-0.25, -0.2) is 9.97 Å². The van der Waals surface area contributed by atoms with Gasteiger partial charge in [0, 0.05) is 19.6 Å². The highest BCUT2D eigenvalue weighted by Crippen LogP contribution is 2.29. The molecule has 1 fully saturated rings. The van der Waals surface area contributed by atoms with Gasteiger partial charge >= 0.3 is 0 Å². The minimum atomic E-state index is 0.681. The predicted molar refractivity (Wildman–Crippen MR) is 75.8 cm³/mol. The lowest BCUT2D eigenvalue weighted by Crippen LogP contribution is -2.35. The van der Waals surface area contributed by atoms with Gasteiger partial charge in [0.25, 0.3) is 0 Å². The quantitative estimate of drug-likeness (QED) is 0.855. The molecule has 2 rings (SSSR count). The largest absolute Gasteiger partial charge is 0.393 e. The molecule has 1 aliphatic heterocycles. The lowest BCUT2D eigenvalue weighted by molar-refractivity contribution is 0.445. The first kappa shape index (κ1) is 12.9. The average molecular weight is 249 g/mol. The van der Waals surface area contributed by atoms with E-state index in [1.165, 1.54) is 12.8 Å². The number of anilines is 3. The normalized spacial score (nSPS) is 19.9. The van der Waals surface area contributed by atoms with Crippen molar-refractivity contribution in [2.75, 3.05) is 35.6 Å². The average Bonchev–Trinajstić information content (AvgIpc) is 2.37. The molecule has 2 heterocycles. The second-order valence-corrected chi connectivity index (χ2v) is 5.08. The number of nitrogens with zero attached hydrogens (tertiary/aromatic N) is 3. The summed E-state index contributed by atoms with van der Waals surface area (Å²) in [7, 11) is 0. The van der Waals surface area contributed by atoms with Crippen LogP contribution in [0.5, 0.6) is 0 Å². The Morgan fingerprint density at radius 3 is 3.06 bits per heavy atom. The van der Waals surface area contributed by atoms with E-state index in [0.29, 0.717) is 11.6 Å². The summed E-state index contributed by atoms with van der Waals surface area (Å²) in [6.45, 7) is 7.36. The van der Waals surface area contributed by atoms with Crippen molar-refractivity contribution in [3.8, 4) is 0 Å². The molecular formula is C13H23N5. The number of nitrogens with two attached hydrogens (primary N) is 1. The summed E-state index contributed by atoms with van der Waals surface area (Å²) in [6, 6.07) is 0. The summed E-state index contributed by atoms with van der Waals surface area (Å²) in [5, 5.41) is 3.25. The summed E-state index contributed by atoms with van der Waals surface area (Å²) < 4.78 is 0. The first-order valence-corrected chi connectivity index (χ1v) is 6.81. The number of nitrogens with one attached hydrogen (secondary N) is 1. The molecule has 0 aromatic carbocycles. The topological polar surface area (TPSA) is 67.1 Å². The van der Waals surface area contributed by atoms with Crippen molar-refractivity contribution < 1.29 is 0 Å². The Balaban J connectivity index is 2.16. The van der Waals surface area contributed by atoms with E-state index < -0.39 is 0 Å². The molecule has 0 bridgehead atoms. The van der Waals surface area contributed by atoms with Crippen LogP contribution >= 0.6 is 0 Å². The fourth-order valence-electron chi connectivity index (χ4n) is 2.40. The zero-order valence-corrected chi connectivity index (χ0v) is 11.3. The fraction of sp³-hybridized carbons (Fsp3) is 0.692. The summed E-state index contributed by atoms with van der Waals surface area (Å²) >= 11 is 0. The molecule has 0 radical (unpaired) electrons. The Morgan fingerprint density at radius 1 is 1.50 bits per heavy atom. The van der Waals surface area contributed by atoms with E-state index in [0.717, 1.165) is 37.7 Å². The lowest BCUT2D eigenvalue weighted by Gasteiger charge is -2.32. The van der Waals surface area contributed by atoms with E-state index in [4.69, 9.17) is 5.73 Å². The van der Waals surface area contributed by atoms with Crippen molar-refractivity contribution in [1.29, 1.82) is 0 Å². The Kier molecular flexibility index (Phi) is 4.23. The van der Waals surface area contributed by atoms with E-state index >= 15 is 0 Å². The SMILES string of the molecule is CCCNc1ncnc(N2CCCC(C)C2)c1N. The number of nitrogen functional groups attached to an aromatic ring is 1. The molecule has 3 N–H and O–H groups in total. The van der Waals surface area contributed by atoms with Crippen LogP contribution in [0, 0.1) is 5.92 Å². The Hall–Kier alpha value is -1.52. The van der Waals surface area contributed by atoms with E-state index in [1.54, 1.807) is 6.33 Å². The number of hydrogen-bond acceptors (Lipinski definition) is 5. The van der Waals surface area contributed by atoms with Crippen molar-refractivity contribution in [3.05, 3.63) is 6.33 Å². The molecule has 18 heavy (non-hydrogen) atoms. The van der Waals surface area contributed by atoms with Gasteiger partial charge in [-0.3, -0.25) is 0 Å². The number of hydrogen-bond donors (Lipinski definition) is 2. The molecule has 1 atom stereocenters. The van der Waals surface area contributed by atoms with Gasteiger partial charge in [-0.1, -0.05) is 13.8 Å². The van der Waals surface area contributed by atoms with Gasteiger partial charge in [-0.05, 0) is 25.2 Å².